The fourth-order valence-corrected chi connectivity index (χ4v) is 1.59. The van der Waals surface area contributed by atoms with E-state index in [2.05, 4.69) is 0 Å². The third kappa shape index (κ3) is 3.05. The van der Waals surface area contributed by atoms with Gasteiger partial charge in [0, 0.05) is 0 Å². The van der Waals surface area contributed by atoms with E-state index in [1.165, 1.54) is 19.1 Å². The SMILES string of the molecule is Cc1ccc(O)cc1S(=O)(=O)[O-].[Li+]. The van der Waals surface area contributed by atoms with E-state index in [9.17, 15) is 13.0 Å². The van der Waals surface area contributed by atoms with E-state index >= 15 is 0 Å². The second kappa shape index (κ2) is 4.16. The monoisotopic (exact) mass is 194 g/mol. The number of phenols is 1. The van der Waals surface area contributed by atoms with Crippen molar-refractivity contribution < 1.29 is 36.9 Å². The number of hydrogen-bond acceptors (Lipinski definition) is 4. The van der Waals surface area contributed by atoms with E-state index in [1.807, 2.05) is 0 Å². The van der Waals surface area contributed by atoms with Crippen molar-refractivity contribution in [2.75, 3.05) is 0 Å². The van der Waals surface area contributed by atoms with Gasteiger partial charge in [0.15, 0.2) is 0 Å². The van der Waals surface area contributed by atoms with Gasteiger partial charge in [-0.25, -0.2) is 8.42 Å². The summed E-state index contributed by atoms with van der Waals surface area (Å²) in [6.45, 7) is 1.49. The first-order valence-corrected chi connectivity index (χ1v) is 4.57. The maximum absolute atomic E-state index is 10.5. The number of benzene rings is 1. The number of aryl methyl sites for hydroxylation is 1. The van der Waals surface area contributed by atoms with Crippen molar-refractivity contribution in [3.8, 4) is 5.75 Å². The molecule has 0 unspecified atom stereocenters. The van der Waals surface area contributed by atoms with Gasteiger partial charge in [-0.1, -0.05) is 6.07 Å². The zero-order valence-electron chi connectivity index (χ0n) is 7.31. The molecule has 66 valence electrons. The predicted molar refractivity (Wildman–Crippen MR) is 40.8 cm³/mol. The van der Waals surface area contributed by atoms with Gasteiger partial charge < -0.3 is 9.66 Å². The van der Waals surface area contributed by atoms with E-state index in [4.69, 9.17) is 5.11 Å². The molecular formula is C7H7LiO4S. The number of hydrogen-bond donors (Lipinski definition) is 1. The van der Waals surface area contributed by atoms with E-state index in [1.54, 1.807) is 0 Å². The molecule has 1 N–H and O–H groups in total. The minimum atomic E-state index is -4.47. The average molecular weight is 194 g/mol. The zero-order valence-corrected chi connectivity index (χ0v) is 8.13. The second-order valence-electron chi connectivity index (χ2n) is 2.40. The van der Waals surface area contributed by atoms with Gasteiger partial charge in [-0.2, -0.15) is 0 Å². The molecule has 0 radical (unpaired) electrons. The summed E-state index contributed by atoms with van der Waals surface area (Å²) in [6, 6.07) is 3.64. The molecule has 0 aromatic heterocycles. The Morgan fingerprint density at radius 3 is 2.31 bits per heavy atom. The molecule has 0 spiro atoms. The Kier molecular flexibility index (Phi) is 4.01. The first-order valence-electron chi connectivity index (χ1n) is 3.17. The van der Waals surface area contributed by atoms with Crippen molar-refractivity contribution in [2.24, 2.45) is 0 Å². The molecule has 0 saturated carbocycles. The quantitative estimate of drug-likeness (QED) is 0.399. The molecule has 0 atom stereocenters. The molecule has 13 heavy (non-hydrogen) atoms. The maximum atomic E-state index is 10.5. The molecule has 0 aliphatic heterocycles. The fourth-order valence-electron chi connectivity index (χ4n) is 0.858. The van der Waals surface area contributed by atoms with Gasteiger partial charge >= 0.3 is 18.9 Å². The standard InChI is InChI=1S/C7H8O4S.Li/c1-5-2-3-6(8)4-7(5)12(9,10)11;/h2-4,8H,1H3,(H,9,10,11);/q;+1/p-1. The van der Waals surface area contributed by atoms with Crippen LogP contribution in [0.25, 0.3) is 0 Å². The molecule has 1 rings (SSSR count). The summed E-state index contributed by atoms with van der Waals surface area (Å²) in [7, 11) is -4.47. The van der Waals surface area contributed by atoms with Gasteiger partial charge in [-0.15, -0.1) is 0 Å². The summed E-state index contributed by atoms with van der Waals surface area (Å²) in [5, 5.41) is 8.90. The normalized spacial score (nSPS) is 10.6. The number of rotatable bonds is 1. The van der Waals surface area contributed by atoms with Crippen LogP contribution in [0.4, 0.5) is 0 Å². The van der Waals surface area contributed by atoms with Gasteiger partial charge in [-0.3, -0.25) is 0 Å². The molecule has 0 fully saturated rings. The summed E-state index contributed by atoms with van der Waals surface area (Å²) < 4.78 is 31.6. The van der Waals surface area contributed by atoms with Crippen LogP contribution in [0.2, 0.25) is 0 Å². The molecule has 6 heteroatoms. The van der Waals surface area contributed by atoms with Crippen molar-refractivity contribution in [2.45, 2.75) is 11.8 Å². The van der Waals surface area contributed by atoms with Gasteiger partial charge in [0.2, 0.25) is 0 Å². The molecule has 0 aliphatic rings. The predicted octanol–water partition coefficient (Wildman–Crippen LogP) is -2.39. The molecule has 1 aromatic rings. The number of phenolic OH excluding ortho intramolecular Hbond substituents is 1. The van der Waals surface area contributed by atoms with Gasteiger partial charge in [0.25, 0.3) is 0 Å². The van der Waals surface area contributed by atoms with Crippen LogP contribution in [0.5, 0.6) is 5.75 Å². The summed E-state index contributed by atoms with van der Waals surface area (Å²) in [5.74, 6) is -0.227. The first kappa shape index (κ1) is 12.5. The van der Waals surface area contributed by atoms with Crippen LogP contribution >= 0.6 is 0 Å². The van der Waals surface area contributed by atoms with Crippen molar-refractivity contribution in [1.29, 1.82) is 0 Å². The van der Waals surface area contributed by atoms with Gasteiger partial charge in [0.05, 0.1) is 4.90 Å². The molecule has 0 heterocycles. The fraction of sp³-hybridized carbons (Fsp3) is 0.143. The molecule has 0 amide bonds. The third-order valence-corrected chi connectivity index (χ3v) is 2.42. The topological polar surface area (TPSA) is 77.4 Å². The minimum absolute atomic E-state index is 0. The van der Waals surface area contributed by atoms with Crippen LogP contribution in [0.15, 0.2) is 23.1 Å². The molecule has 1 aromatic carbocycles. The number of aromatic hydroxyl groups is 1. The molecular weight excluding hydrogens is 187 g/mol. The minimum Gasteiger partial charge on any atom is -0.744 e. The van der Waals surface area contributed by atoms with Crippen LogP contribution in [0, 0.1) is 6.92 Å². The molecule has 0 aliphatic carbocycles. The molecule has 4 nitrogen and oxygen atoms in total. The Hall–Kier alpha value is -0.473. The largest absolute Gasteiger partial charge is 1.00 e. The van der Waals surface area contributed by atoms with E-state index in [0.29, 0.717) is 5.56 Å². The van der Waals surface area contributed by atoms with Gasteiger partial charge in [-0.05, 0) is 24.6 Å². The third-order valence-electron chi connectivity index (χ3n) is 1.44. The maximum Gasteiger partial charge on any atom is 1.00 e. The van der Waals surface area contributed by atoms with E-state index in [-0.39, 0.29) is 29.5 Å². The summed E-state index contributed by atoms with van der Waals surface area (Å²) in [6.07, 6.45) is 0. The van der Waals surface area contributed by atoms with Crippen LogP contribution in [-0.4, -0.2) is 18.1 Å². The van der Waals surface area contributed by atoms with E-state index < -0.39 is 10.1 Å². The van der Waals surface area contributed by atoms with Crippen molar-refractivity contribution in [3.63, 3.8) is 0 Å². The summed E-state index contributed by atoms with van der Waals surface area (Å²) in [4.78, 5) is -0.373. The zero-order chi connectivity index (χ0) is 9.35. The summed E-state index contributed by atoms with van der Waals surface area (Å²) in [5.41, 5.74) is 0.336. The van der Waals surface area contributed by atoms with Gasteiger partial charge in [0.1, 0.15) is 15.9 Å². The van der Waals surface area contributed by atoms with Crippen LogP contribution < -0.4 is 18.9 Å². The van der Waals surface area contributed by atoms with E-state index in [0.717, 1.165) is 6.07 Å². The Bertz CT molecular complexity index is 399. The smallest absolute Gasteiger partial charge is 0.744 e. The summed E-state index contributed by atoms with van der Waals surface area (Å²) >= 11 is 0. The van der Waals surface area contributed by atoms with Crippen molar-refractivity contribution in [1.82, 2.24) is 0 Å². The van der Waals surface area contributed by atoms with Crippen molar-refractivity contribution >= 4 is 10.1 Å². The van der Waals surface area contributed by atoms with Crippen LogP contribution in [0.1, 0.15) is 5.56 Å². The molecule has 0 bridgehead atoms. The Morgan fingerprint density at radius 1 is 1.38 bits per heavy atom. The van der Waals surface area contributed by atoms with Crippen molar-refractivity contribution in [3.05, 3.63) is 23.8 Å². The average Bonchev–Trinajstić information content (AvgIpc) is 1.92. The van der Waals surface area contributed by atoms with Crippen LogP contribution in [0.3, 0.4) is 0 Å². The molecule has 0 saturated heterocycles. The Labute approximate surface area is 88.5 Å². The Morgan fingerprint density at radius 2 is 1.92 bits per heavy atom. The second-order valence-corrected chi connectivity index (χ2v) is 3.75. The Balaban J connectivity index is 0.00000144. The van der Waals surface area contributed by atoms with Crippen LogP contribution in [-0.2, 0) is 10.1 Å². The first-order chi connectivity index (χ1) is 5.41.